The summed E-state index contributed by atoms with van der Waals surface area (Å²) >= 11 is 0. The summed E-state index contributed by atoms with van der Waals surface area (Å²) in [5.74, 6) is 0. The summed E-state index contributed by atoms with van der Waals surface area (Å²) in [5, 5.41) is 10.4. The highest BCUT2D eigenvalue weighted by Gasteiger charge is 2.51. The van der Waals surface area contributed by atoms with Crippen molar-refractivity contribution >= 4 is 0 Å². The molecule has 0 unspecified atom stereocenters. The number of hydrogen-bond donors (Lipinski definition) is 0. The molecular formula is C34H34N2O3. The average molecular weight is 519 g/mol. The maximum atomic E-state index is 10.4. The SMILES string of the molecule is N#C[C@H]1[C@@H](OCc2ccccc2)[C@H](OCc2ccccc2)[C@H](COCc2ccccc2)N1Cc1ccccc1. The van der Waals surface area contributed by atoms with E-state index in [4.69, 9.17) is 14.2 Å². The second-order valence-electron chi connectivity index (χ2n) is 9.82. The van der Waals surface area contributed by atoms with Gasteiger partial charge in [0.1, 0.15) is 18.2 Å². The molecular weight excluding hydrogens is 484 g/mol. The largest absolute Gasteiger partial charge is 0.375 e. The van der Waals surface area contributed by atoms with Gasteiger partial charge >= 0.3 is 0 Å². The Labute approximate surface area is 231 Å². The van der Waals surface area contributed by atoms with Gasteiger partial charge in [0.2, 0.25) is 0 Å². The number of benzene rings is 4. The minimum atomic E-state index is -0.486. The number of hydrogen-bond acceptors (Lipinski definition) is 5. The number of nitriles is 1. The van der Waals surface area contributed by atoms with E-state index in [0.29, 0.717) is 33.0 Å². The van der Waals surface area contributed by atoms with Gasteiger partial charge in [-0.1, -0.05) is 121 Å². The van der Waals surface area contributed by atoms with Gasteiger partial charge in [0.05, 0.1) is 38.5 Å². The minimum absolute atomic E-state index is 0.164. The third kappa shape index (κ3) is 7.20. The first-order chi connectivity index (χ1) is 19.3. The fraction of sp³-hybridized carbons (Fsp3) is 0.265. The van der Waals surface area contributed by atoms with Crippen LogP contribution in [0.4, 0.5) is 0 Å². The molecule has 0 aromatic heterocycles. The minimum Gasteiger partial charge on any atom is -0.375 e. The van der Waals surface area contributed by atoms with Crippen molar-refractivity contribution in [1.29, 1.82) is 5.26 Å². The van der Waals surface area contributed by atoms with Gasteiger partial charge in [0.25, 0.3) is 0 Å². The third-order valence-electron chi connectivity index (χ3n) is 7.11. The van der Waals surface area contributed by atoms with Crippen molar-refractivity contribution in [2.75, 3.05) is 6.61 Å². The lowest BCUT2D eigenvalue weighted by Crippen LogP contribution is -2.42. The van der Waals surface area contributed by atoms with Crippen molar-refractivity contribution in [3.63, 3.8) is 0 Å². The molecule has 4 aromatic rings. The number of likely N-dealkylation sites (tertiary alicyclic amines) is 1. The van der Waals surface area contributed by atoms with Crippen LogP contribution in [-0.2, 0) is 40.6 Å². The lowest BCUT2D eigenvalue weighted by molar-refractivity contribution is -0.0842. The highest BCUT2D eigenvalue weighted by Crippen LogP contribution is 2.33. The Hall–Kier alpha value is -3.79. The summed E-state index contributed by atoms with van der Waals surface area (Å²) in [6, 6.07) is 42.5. The summed E-state index contributed by atoms with van der Waals surface area (Å²) in [5.41, 5.74) is 4.39. The topological polar surface area (TPSA) is 54.7 Å². The Bertz CT molecular complexity index is 1300. The van der Waals surface area contributed by atoms with Crippen LogP contribution >= 0.6 is 0 Å². The molecule has 5 heteroatoms. The van der Waals surface area contributed by atoms with Gasteiger partial charge in [0, 0.05) is 6.54 Å². The molecule has 1 fully saturated rings. The molecule has 0 saturated carbocycles. The molecule has 0 N–H and O–H groups in total. The highest BCUT2D eigenvalue weighted by molar-refractivity contribution is 5.20. The molecule has 0 bridgehead atoms. The van der Waals surface area contributed by atoms with E-state index in [-0.39, 0.29) is 12.1 Å². The Kier molecular flexibility index (Phi) is 9.51. The molecule has 198 valence electrons. The Morgan fingerprint density at radius 2 is 1.00 bits per heavy atom. The van der Waals surface area contributed by atoms with E-state index in [2.05, 4.69) is 47.4 Å². The van der Waals surface area contributed by atoms with Gasteiger partial charge < -0.3 is 14.2 Å². The van der Waals surface area contributed by atoms with Crippen molar-refractivity contribution in [3.8, 4) is 6.07 Å². The first kappa shape index (κ1) is 26.8. The molecule has 1 saturated heterocycles. The zero-order valence-corrected chi connectivity index (χ0v) is 22.0. The molecule has 5 rings (SSSR count). The van der Waals surface area contributed by atoms with Crippen molar-refractivity contribution in [3.05, 3.63) is 144 Å². The van der Waals surface area contributed by atoms with Gasteiger partial charge in [0.15, 0.2) is 0 Å². The van der Waals surface area contributed by atoms with Gasteiger partial charge in [-0.15, -0.1) is 0 Å². The van der Waals surface area contributed by atoms with Crippen molar-refractivity contribution in [2.45, 2.75) is 50.7 Å². The van der Waals surface area contributed by atoms with Crippen molar-refractivity contribution in [2.24, 2.45) is 0 Å². The summed E-state index contributed by atoms with van der Waals surface area (Å²) in [4.78, 5) is 2.20. The number of ether oxygens (including phenoxy) is 3. The van der Waals surface area contributed by atoms with Gasteiger partial charge in [-0.3, -0.25) is 4.90 Å². The first-order valence-corrected chi connectivity index (χ1v) is 13.4. The van der Waals surface area contributed by atoms with Crippen LogP contribution in [0, 0.1) is 11.3 Å². The molecule has 0 aliphatic carbocycles. The molecule has 39 heavy (non-hydrogen) atoms. The standard InChI is InChI=1S/C34H34N2O3/c35-21-31-33(38-24-29-17-9-3-10-18-29)34(39-25-30-19-11-4-12-20-30)32(26-37-23-28-15-7-2-8-16-28)36(31)22-27-13-5-1-6-14-27/h1-20,31-34H,22-26H2/t31-,32-,33+,34+/m0/s1. The number of nitrogens with zero attached hydrogens (tertiary/aromatic N) is 2. The highest BCUT2D eigenvalue weighted by atomic mass is 16.5. The maximum absolute atomic E-state index is 10.4. The van der Waals surface area contributed by atoms with E-state index in [9.17, 15) is 5.26 Å². The fourth-order valence-electron chi connectivity index (χ4n) is 5.13. The van der Waals surface area contributed by atoms with Crippen LogP contribution in [-0.4, -0.2) is 35.8 Å². The predicted molar refractivity (Wildman–Crippen MR) is 151 cm³/mol. The third-order valence-corrected chi connectivity index (χ3v) is 7.11. The summed E-state index contributed by atoms with van der Waals surface area (Å²) in [7, 11) is 0. The van der Waals surface area contributed by atoms with Gasteiger partial charge in [-0.25, -0.2) is 0 Å². The zero-order chi connectivity index (χ0) is 26.7. The normalized spacial score (nSPS) is 21.0. The molecule has 0 radical (unpaired) electrons. The average Bonchev–Trinajstić information content (AvgIpc) is 3.27. The maximum Gasteiger partial charge on any atom is 0.128 e. The Morgan fingerprint density at radius 3 is 1.49 bits per heavy atom. The fourth-order valence-corrected chi connectivity index (χ4v) is 5.13. The van der Waals surface area contributed by atoms with E-state index in [1.807, 2.05) is 84.9 Å². The molecule has 0 spiro atoms. The number of rotatable bonds is 12. The van der Waals surface area contributed by atoms with Crippen LogP contribution in [0.1, 0.15) is 22.3 Å². The predicted octanol–water partition coefficient (Wildman–Crippen LogP) is 6.15. The lowest BCUT2D eigenvalue weighted by Gasteiger charge is -2.29. The van der Waals surface area contributed by atoms with Crippen LogP contribution in [0.3, 0.4) is 0 Å². The van der Waals surface area contributed by atoms with Gasteiger partial charge in [-0.05, 0) is 22.3 Å². The van der Waals surface area contributed by atoms with E-state index in [1.54, 1.807) is 0 Å². The summed E-state index contributed by atoms with van der Waals surface area (Å²) < 4.78 is 19.4. The molecule has 0 amide bonds. The monoisotopic (exact) mass is 518 g/mol. The second-order valence-corrected chi connectivity index (χ2v) is 9.82. The first-order valence-electron chi connectivity index (χ1n) is 13.4. The van der Waals surface area contributed by atoms with Crippen molar-refractivity contribution < 1.29 is 14.2 Å². The zero-order valence-electron chi connectivity index (χ0n) is 22.0. The van der Waals surface area contributed by atoms with Crippen LogP contribution in [0.25, 0.3) is 0 Å². The van der Waals surface area contributed by atoms with Crippen LogP contribution < -0.4 is 0 Å². The lowest BCUT2D eigenvalue weighted by atomic mass is 10.1. The van der Waals surface area contributed by atoms with Gasteiger partial charge in [-0.2, -0.15) is 5.26 Å². The van der Waals surface area contributed by atoms with Crippen LogP contribution in [0.2, 0.25) is 0 Å². The van der Waals surface area contributed by atoms with Crippen molar-refractivity contribution in [1.82, 2.24) is 4.90 Å². The molecule has 1 aliphatic rings. The Morgan fingerprint density at radius 1 is 0.564 bits per heavy atom. The molecule has 1 heterocycles. The Balaban J connectivity index is 1.41. The molecule has 5 nitrogen and oxygen atoms in total. The van der Waals surface area contributed by atoms with Crippen LogP contribution in [0.5, 0.6) is 0 Å². The van der Waals surface area contributed by atoms with E-state index in [1.165, 1.54) is 0 Å². The quantitative estimate of drug-likeness (QED) is 0.225. The summed E-state index contributed by atoms with van der Waals surface area (Å²) in [6.45, 7) is 2.36. The summed E-state index contributed by atoms with van der Waals surface area (Å²) in [6.07, 6.45) is -0.786. The molecule has 4 atom stereocenters. The smallest absolute Gasteiger partial charge is 0.128 e. The second kappa shape index (κ2) is 13.8. The van der Waals surface area contributed by atoms with E-state index in [0.717, 1.165) is 22.3 Å². The molecule has 1 aliphatic heterocycles. The van der Waals surface area contributed by atoms with Crippen LogP contribution in [0.15, 0.2) is 121 Å². The van der Waals surface area contributed by atoms with E-state index < -0.39 is 12.1 Å². The van der Waals surface area contributed by atoms with E-state index >= 15 is 0 Å². The molecule has 4 aromatic carbocycles.